The summed E-state index contributed by atoms with van der Waals surface area (Å²) in [4.78, 5) is 14.4. The van der Waals surface area contributed by atoms with Crippen LogP contribution in [0.1, 0.15) is 22.5 Å². The number of aromatic carboxylic acids is 1. The van der Waals surface area contributed by atoms with Gasteiger partial charge < -0.3 is 5.11 Å². The molecule has 2 N–H and O–H groups in total. The molecule has 21 heavy (non-hydrogen) atoms. The molecule has 0 unspecified atom stereocenters. The van der Waals surface area contributed by atoms with Gasteiger partial charge in [0.05, 0.1) is 11.7 Å². The Bertz CT molecular complexity index is 735. The molecular weight excluding hydrogens is 316 g/mol. The molecule has 0 aliphatic carbocycles. The summed E-state index contributed by atoms with van der Waals surface area (Å²) in [5, 5.41) is 12.9. The molecule has 0 saturated heterocycles. The molecule has 0 atom stereocenters. The summed E-state index contributed by atoms with van der Waals surface area (Å²) >= 11 is 0.787. The summed E-state index contributed by atoms with van der Waals surface area (Å²) in [6.07, 6.45) is 4.86. The summed E-state index contributed by atoms with van der Waals surface area (Å²) in [7, 11) is -2.03. The zero-order valence-electron chi connectivity index (χ0n) is 11.2. The molecule has 10 heteroatoms. The number of nitrogens with zero attached hydrogens (tertiary/aromatic N) is 3. The average molecular weight is 330 g/mol. The predicted octanol–water partition coefficient (Wildman–Crippen LogP) is 0.486. The van der Waals surface area contributed by atoms with E-state index in [1.807, 2.05) is 13.2 Å². The van der Waals surface area contributed by atoms with Crippen molar-refractivity contribution in [3.05, 3.63) is 29.2 Å². The van der Waals surface area contributed by atoms with E-state index in [9.17, 15) is 13.2 Å². The standard InChI is InChI=1S/C11H14N4O4S2/c1-15-6-8(5-13-15)3-2-4-14-21(18,19)11-9(10(16)17)12-7-20-11/h5-7,14H,2-4H2,1H3,(H,16,17). The van der Waals surface area contributed by atoms with Crippen molar-refractivity contribution in [1.29, 1.82) is 0 Å². The van der Waals surface area contributed by atoms with Gasteiger partial charge in [-0.25, -0.2) is 22.9 Å². The molecule has 0 bridgehead atoms. The zero-order chi connectivity index (χ0) is 15.5. The summed E-state index contributed by atoms with van der Waals surface area (Å²) in [6.45, 7) is 0.216. The number of carboxylic acid groups (broad SMARTS) is 1. The number of aromatic nitrogens is 3. The van der Waals surface area contributed by atoms with Gasteiger partial charge in [0.2, 0.25) is 0 Å². The maximum Gasteiger partial charge on any atom is 0.356 e. The molecule has 0 saturated carbocycles. The summed E-state index contributed by atoms with van der Waals surface area (Å²) in [6, 6.07) is 0. The van der Waals surface area contributed by atoms with Crippen molar-refractivity contribution in [3.63, 3.8) is 0 Å². The Morgan fingerprint density at radius 1 is 1.52 bits per heavy atom. The highest BCUT2D eigenvalue weighted by Gasteiger charge is 2.25. The first-order chi connectivity index (χ1) is 9.90. The molecule has 0 aromatic carbocycles. The molecule has 2 heterocycles. The highest BCUT2D eigenvalue weighted by Crippen LogP contribution is 2.19. The average Bonchev–Trinajstić information content (AvgIpc) is 3.03. The zero-order valence-corrected chi connectivity index (χ0v) is 12.8. The fraction of sp³-hybridized carbons (Fsp3) is 0.364. The second-order valence-electron chi connectivity index (χ2n) is 4.32. The third-order valence-corrected chi connectivity index (χ3v) is 5.51. The number of hydrogen-bond donors (Lipinski definition) is 2. The highest BCUT2D eigenvalue weighted by atomic mass is 32.2. The monoisotopic (exact) mass is 330 g/mol. The van der Waals surface area contributed by atoms with E-state index < -0.39 is 21.7 Å². The number of sulfonamides is 1. The van der Waals surface area contributed by atoms with Gasteiger partial charge in [0.1, 0.15) is 0 Å². The fourth-order valence-electron chi connectivity index (χ4n) is 1.73. The first kappa shape index (κ1) is 15.6. The van der Waals surface area contributed by atoms with Crippen LogP contribution in [-0.4, -0.2) is 40.8 Å². The Kier molecular flexibility index (Phi) is 4.70. The molecule has 114 valence electrons. The Morgan fingerprint density at radius 2 is 2.29 bits per heavy atom. The number of hydrogen-bond acceptors (Lipinski definition) is 6. The van der Waals surface area contributed by atoms with Gasteiger partial charge in [-0.05, 0) is 18.4 Å². The predicted molar refractivity (Wildman–Crippen MR) is 75.8 cm³/mol. The molecule has 0 radical (unpaired) electrons. The van der Waals surface area contributed by atoms with Crippen molar-refractivity contribution in [3.8, 4) is 0 Å². The van der Waals surface area contributed by atoms with Crippen molar-refractivity contribution in [2.75, 3.05) is 6.54 Å². The van der Waals surface area contributed by atoms with Crippen molar-refractivity contribution in [2.45, 2.75) is 17.1 Å². The molecule has 0 aliphatic heterocycles. The van der Waals surface area contributed by atoms with Crippen LogP contribution in [0.3, 0.4) is 0 Å². The summed E-state index contributed by atoms with van der Waals surface area (Å²) in [5.74, 6) is -1.35. The smallest absolute Gasteiger partial charge is 0.356 e. The minimum Gasteiger partial charge on any atom is -0.476 e. The number of aryl methyl sites for hydroxylation is 2. The molecule has 0 amide bonds. The highest BCUT2D eigenvalue weighted by molar-refractivity contribution is 7.91. The number of thiazole rings is 1. The molecule has 8 nitrogen and oxygen atoms in total. The van der Waals surface area contributed by atoms with Gasteiger partial charge in [0.15, 0.2) is 9.90 Å². The largest absolute Gasteiger partial charge is 0.476 e. The van der Waals surface area contributed by atoms with E-state index in [1.54, 1.807) is 10.9 Å². The van der Waals surface area contributed by atoms with Crippen LogP contribution in [0.25, 0.3) is 0 Å². The van der Waals surface area contributed by atoms with Crippen molar-refractivity contribution >= 4 is 27.3 Å². The SMILES string of the molecule is Cn1cc(CCCNS(=O)(=O)c2scnc2C(=O)O)cn1. The van der Waals surface area contributed by atoms with Gasteiger partial charge in [-0.2, -0.15) is 5.10 Å². The van der Waals surface area contributed by atoms with Crippen LogP contribution in [0.4, 0.5) is 0 Å². The molecule has 0 aliphatic rings. The fourth-order valence-corrected chi connectivity index (χ4v) is 3.99. The Hall–Kier alpha value is -1.78. The number of rotatable bonds is 7. The van der Waals surface area contributed by atoms with Gasteiger partial charge >= 0.3 is 5.97 Å². The first-order valence-corrected chi connectivity index (χ1v) is 8.40. The van der Waals surface area contributed by atoms with Gasteiger partial charge in [-0.15, -0.1) is 11.3 Å². The maximum atomic E-state index is 12.0. The quantitative estimate of drug-likeness (QED) is 0.714. The summed E-state index contributed by atoms with van der Waals surface area (Å²) in [5.41, 5.74) is 1.77. The lowest BCUT2D eigenvalue weighted by molar-refractivity contribution is 0.0687. The molecule has 0 fully saturated rings. The Balaban J connectivity index is 1.92. The molecule has 2 aromatic heterocycles. The first-order valence-electron chi connectivity index (χ1n) is 6.04. The Labute approximate surface area is 125 Å². The van der Waals surface area contributed by atoms with E-state index in [0.717, 1.165) is 16.9 Å². The van der Waals surface area contributed by atoms with Crippen molar-refractivity contribution in [2.24, 2.45) is 7.05 Å². The maximum absolute atomic E-state index is 12.0. The third-order valence-electron chi connectivity index (χ3n) is 2.67. The lowest BCUT2D eigenvalue weighted by Gasteiger charge is -2.04. The van der Waals surface area contributed by atoms with Gasteiger partial charge in [0.25, 0.3) is 10.0 Å². The van der Waals surface area contributed by atoms with Gasteiger partial charge in [0, 0.05) is 19.8 Å². The topological polar surface area (TPSA) is 114 Å². The van der Waals surface area contributed by atoms with E-state index in [2.05, 4.69) is 14.8 Å². The van der Waals surface area contributed by atoms with Crippen LogP contribution >= 0.6 is 11.3 Å². The van der Waals surface area contributed by atoms with E-state index in [4.69, 9.17) is 5.11 Å². The molecule has 2 aromatic rings. The minimum atomic E-state index is -3.84. The second-order valence-corrected chi connectivity index (χ2v) is 7.13. The van der Waals surface area contributed by atoms with Crippen LogP contribution in [0.2, 0.25) is 0 Å². The third kappa shape index (κ3) is 3.86. The minimum absolute atomic E-state index is 0.216. The van der Waals surface area contributed by atoms with E-state index in [0.29, 0.717) is 12.8 Å². The summed E-state index contributed by atoms with van der Waals surface area (Å²) < 4.78 is 27.8. The number of carbonyl (C=O) groups is 1. The Morgan fingerprint density at radius 3 is 2.90 bits per heavy atom. The van der Waals surface area contributed by atoms with Crippen LogP contribution in [0.5, 0.6) is 0 Å². The van der Waals surface area contributed by atoms with Crippen LogP contribution in [0, 0.1) is 0 Å². The van der Waals surface area contributed by atoms with Crippen molar-refractivity contribution < 1.29 is 18.3 Å². The normalized spacial score (nSPS) is 11.7. The second kappa shape index (κ2) is 6.33. The van der Waals surface area contributed by atoms with Crippen LogP contribution in [-0.2, 0) is 23.5 Å². The lowest BCUT2D eigenvalue weighted by Crippen LogP contribution is -2.26. The van der Waals surface area contributed by atoms with Crippen LogP contribution in [0.15, 0.2) is 22.1 Å². The van der Waals surface area contributed by atoms with E-state index in [-0.39, 0.29) is 10.8 Å². The van der Waals surface area contributed by atoms with Gasteiger partial charge in [-0.1, -0.05) is 0 Å². The van der Waals surface area contributed by atoms with Crippen molar-refractivity contribution in [1.82, 2.24) is 19.5 Å². The van der Waals surface area contributed by atoms with E-state index in [1.165, 1.54) is 5.51 Å². The van der Waals surface area contributed by atoms with Gasteiger partial charge in [-0.3, -0.25) is 4.68 Å². The number of carboxylic acids is 1. The number of nitrogens with one attached hydrogen (secondary N) is 1. The molecule has 0 spiro atoms. The lowest BCUT2D eigenvalue weighted by atomic mass is 10.2. The molecule has 2 rings (SSSR count). The van der Waals surface area contributed by atoms with E-state index >= 15 is 0 Å². The molecular formula is C11H14N4O4S2. The van der Waals surface area contributed by atoms with Crippen LogP contribution < -0.4 is 4.72 Å².